The zero-order chi connectivity index (χ0) is 15.3. The number of para-hydroxylation sites is 1. The van der Waals surface area contributed by atoms with Crippen molar-refractivity contribution in [1.82, 2.24) is 9.78 Å². The molecule has 1 aromatic heterocycles. The maximum atomic E-state index is 12.4. The van der Waals surface area contributed by atoms with E-state index in [9.17, 15) is 4.79 Å². The lowest BCUT2D eigenvalue weighted by molar-refractivity contribution is -0.125. The number of amides is 1. The summed E-state index contributed by atoms with van der Waals surface area (Å²) in [7, 11) is 0. The van der Waals surface area contributed by atoms with E-state index in [0.717, 1.165) is 18.5 Å². The Morgan fingerprint density at radius 1 is 1.27 bits per heavy atom. The Labute approximate surface area is 137 Å². The van der Waals surface area contributed by atoms with Gasteiger partial charge < -0.3 is 11.1 Å². The molecule has 1 amide bonds. The summed E-state index contributed by atoms with van der Waals surface area (Å²) in [6.07, 6.45) is 4.90. The molecule has 3 N–H and O–H groups in total. The van der Waals surface area contributed by atoms with E-state index in [-0.39, 0.29) is 18.3 Å². The number of hydrogen-bond donors (Lipinski definition) is 2. The van der Waals surface area contributed by atoms with Gasteiger partial charge in [0.2, 0.25) is 5.91 Å². The van der Waals surface area contributed by atoms with Crippen LogP contribution in [0.25, 0.3) is 5.69 Å². The van der Waals surface area contributed by atoms with Gasteiger partial charge in [-0.2, -0.15) is 5.10 Å². The molecule has 2 aromatic rings. The number of carbonyl (C=O) groups excluding carboxylic acids is 1. The SMILES string of the molecule is CCC(CC)(CN)C(=O)Nc1cnn(-c2ccccc2)c1.Cl. The molecule has 2 rings (SSSR count). The maximum absolute atomic E-state index is 12.4. The fourth-order valence-electron chi connectivity index (χ4n) is 2.33. The highest BCUT2D eigenvalue weighted by molar-refractivity contribution is 5.95. The van der Waals surface area contributed by atoms with Crippen molar-refractivity contribution in [3.63, 3.8) is 0 Å². The van der Waals surface area contributed by atoms with Gasteiger partial charge in [0.05, 0.1) is 29.2 Å². The number of hydrogen-bond acceptors (Lipinski definition) is 3. The first-order valence-corrected chi connectivity index (χ1v) is 7.27. The van der Waals surface area contributed by atoms with Crippen molar-refractivity contribution in [2.75, 3.05) is 11.9 Å². The molecule has 120 valence electrons. The van der Waals surface area contributed by atoms with Crippen molar-refractivity contribution in [2.45, 2.75) is 26.7 Å². The molecule has 0 spiro atoms. The number of nitrogens with zero attached hydrogens (tertiary/aromatic N) is 2. The van der Waals surface area contributed by atoms with Crippen molar-refractivity contribution < 1.29 is 4.79 Å². The van der Waals surface area contributed by atoms with Crippen molar-refractivity contribution in [3.8, 4) is 5.69 Å². The molecule has 1 heterocycles. The molecule has 1 aromatic carbocycles. The standard InChI is InChI=1S/C16H22N4O.ClH/c1-3-16(4-2,12-17)15(21)19-13-10-18-20(11-13)14-8-6-5-7-9-14;/h5-11H,3-4,12,17H2,1-2H3,(H,19,21);1H. The third-order valence-electron chi connectivity index (χ3n) is 4.09. The largest absolute Gasteiger partial charge is 0.329 e. The molecule has 0 fully saturated rings. The van der Waals surface area contributed by atoms with Gasteiger partial charge in [0, 0.05) is 6.54 Å². The highest BCUT2D eigenvalue weighted by Gasteiger charge is 2.33. The van der Waals surface area contributed by atoms with E-state index < -0.39 is 5.41 Å². The third kappa shape index (κ3) is 3.67. The van der Waals surface area contributed by atoms with Crippen LogP contribution in [-0.4, -0.2) is 22.2 Å². The summed E-state index contributed by atoms with van der Waals surface area (Å²) < 4.78 is 1.73. The van der Waals surface area contributed by atoms with E-state index in [0.29, 0.717) is 12.2 Å². The Kier molecular flexibility index (Phi) is 6.59. The first kappa shape index (κ1) is 18.2. The quantitative estimate of drug-likeness (QED) is 0.858. The van der Waals surface area contributed by atoms with Crippen LogP contribution in [0.1, 0.15) is 26.7 Å². The molecule has 0 bridgehead atoms. The number of halogens is 1. The summed E-state index contributed by atoms with van der Waals surface area (Å²) in [5.41, 5.74) is 6.93. The van der Waals surface area contributed by atoms with Gasteiger partial charge in [0.1, 0.15) is 0 Å². The number of nitrogens with two attached hydrogens (primary N) is 1. The number of rotatable bonds is 6. The van der Waals surface area contributed by atoms with Gasteiger partial charge in [-0.25, -0.2) is 4.68 Å². The summed E-state index contributed by atoms with van der Waals surface area (Å²) in [5, 5.41) is 7.19. The van der Waals surface area contributed by atoms with Crippen molar-refractivity contribution in [1.29, 1.82) is 0 Å². The minimum absolute atomic E-state index is 0. The second-order valence-electron chi connectivity index (χ2n) is 5.15. The number of aromatic nitrogens is 2. The van der Waals surface area contributed by atoms with Gasteiger partial charge in [0.25, 0.3) is 0 Å². The summed E-state index contributed by atoms with van der Waals surface area (Å²) >= 11 is 0. The summed E-state index contributed by atoms with van der Waals surface area (Å²) in [6.45, 7) is 4.32. The van der Waals surface area contributed by atoms with E-state index >= 15 is 0 Å². The van der Waals surface area contributed by atoms with Crippen LogP contribution >= 0.6 is 12.4 Å². The minimum Gasteiger partial charge on any atom is -0.329 e. The Morgan fingerprint density at radius 2 is 1.91 bits per heavy atom. The molecule has 0 aliphatic heterocycles. The van der Waals surface area contributed by atoms with Gasteiger partial charge in [-0.1, -0.05) is 32.0 Å². The molecular weight excluding hydrogens is 300 g/mol. The molecule has 0 atom stereocenters. The Morgan fingerprint density at radius 3 is 2.45 bits per heavy atom. The van der Waals surface area contributed by atoms with E-state index in [1.807, 2.05) is 44.2 Å². The molecular formula is C16H23ClN4O. The fraction of sp³-hybridized carbons (Fsp3) is 0.375. The highest BCUT2D eigenvalue weighted by Crippen LogP contribution is 2.27. The van der Waals surface area contributed by atoms with E-state index in [4.69, 9.17) is 5.73 Å². The second-order valence-corrected chi connectivity index (χ2v) is 5.15. The van der Waals surface area contributed by atoms with Crippen molar-refractivity contribution in [3.05, 3.63) is 42.7 Å². The van der Waals surface area contributed by atoms with Gasteiger partial charge >= 0.3 is 0 Å². The Balaban J connectivity index is 0.00000242. The minimum atomic E-state index is -0.505. The predicted molar refractivity (Wildman–Crippen MR) is 91.5 cm³/mol. The van der Waals surface area contributed by atoms with E-state index in [1.54, 1.807) is 17.1 Å². The van der Waals surface area contributed by atoms with Gasteiger partial charge in [-0.05, 0) is 25.0 Å². The van der Waals surface area contributed by atoms with Gasteiger partial charge in [-0.15, -0.1) is 12.4 Å². The van der Waals surface area contributed by atoms with Crippen LogP contribution in [0.4, 0.5) is 5.69 Å². The predicted octanol–water partition coefficient (Wildman–Crippen LogP) is 3.00. The van der Waals surface area contributed by atoms with Crippen LogP contribution in [0, 0.1) is 5.41 Å². The van der Waals surface area contributed by atoms with Gasteiger partial charge in [0.15, 0.2) is 0 Å². The monoisotopic (exact) mass is 322 g/mol. The molecule has 5 nitrogen and oxygen atoms in total. The topological polar surface area (TPSA) is 72.9 Å². The first-order valence-electron chi connectivity index (χ1n) is 7.27. The molecule has 0 aliphatic carbocycles. The van der Waals surface area contributed by atoms with E-state index in [2.05, 4.69) is 10.4 Å². The number of carbonyl (C=O) groups is 1. The third-order valence-corrected chi connectivity index (χ3v) is 4.09. The second kappa shape index (κ2) is 7.96. The molecule has 0 unspecified atom stereocenters. The average Bonchev–Trinajstić information content (AvgIpc) is 2.99. The van der Waals surface area contributed by atoms with Gasteiger partial charge in [-0.3, -0.25) is 4.79 Å². The zero-order valence-corrected chi connectivity index (χ0v) is 13.8. The van der Waals surface area contributed by atoms with Crippen LogP contribution in [-0.2, 0) is 4.79 Å². The van der Waals surface area contributed by atoms with Crippen LogP contribution in [0.15, 0.2) is 42.7 Å². The molecule has 0 saturated heterocycles. The molecule has 0 aliphatic rings. The lowest BCUT2D eigenvalue weighted by Gasteiger charge is -2.28. The normalized spacial score (nSPS) is 10.9. The van der Waals surface area contributed by atoms with Crippen molar-refractivity contribution in [2.24, 2.45) is 11.1 Å². The highest BCUT2D eigenvalue weighted by atomic mass is 35.5. The van der Waals surface area contributed by atoms with Crippen LogP contribution in [0.2, 0.25) is 0 Å². The average molecular weight is 323 g/mol. The molecule has 22 heavy (non-hydrogen) atoms. The number of benzene rings is 1. The zero-order valence-electron chi connectivity index (χ0n) is 13.0. The first-order chi connectivity index (χ1) is 10.1. The number of anilines is 1. The van der Waals surface area contributed by atoms with Crippen LogP contribution < -0.4 is 11.1 Å². The lowest BCUT2D eigenvalue weighted by atomic mass is 9.81. The fourth-order valence-corrected chi connectivity index (χ4v) is 2.33. The smallest absolute Gasteiger partial charge is 0.231 e. The van der Waals surface area contributed by atoms with Crippen LogP contribution in [0.3, 0.4) is 0 Å². The number of nitrogens with one attached hydrogen (secondary N) is 1. The maximum Gasteiger partial charge on any atom is 0.231 e. The molecule has 0 saturated carbocycles. The van der Waals surface area contributed by atoms with E-state index in [1.165, 1.54) is 0 Å². The summed E-state index contributed by atoms with van der Waals surface area (Å²) in [4.78, 5) is 12.4. The van der Waals surface area contributed by atoms with Crippen LogP contribution in [0.5, 0.6) is 0 Å². The Hall–Kier alpha value is -1.85. The summed E-state index contributed by atoms with van der Waals surface area (Å²) in [5.74, 6) is -0.0392. The molecule has 6 heteroatoms. The Bertz CT molecular complexity index is 585. The van der Waals surface area contributed by atoms with Crippen molar-refractivity contribution >= 4 is 24.0 Å². The summed E-state index contributed by atoms with van der Waals surface area (Å²) in [6, 6.07) is 9.77. The lowest BCUT2D eigenvalue weighted by Crippen LogP contribution is -2.41. The molecule has 0 radical (unpaired) electrons.